The lowest BCUT2D eigenvalue weighted by Gasteiger charge is -2.27. The molecule has 0 aliphatic rings. The SMILES string of the molecule is C.COc1ccc(C=NN(C)[P+](=S)Oc2ccc(P(=NCOc3ccc(C=NN(C)[P+](C)=S)cc3)(c3ccccc3)c3ccccc3)cc2)cc1. The molecule has 8 nitrogen and oxygen atoms in total. The summed E-state index contributed by atoms with van der Waals surface area (Å²) in [7, 11) is 1.39. The Bertz CT molecular complexity index is 1950. The summed E-state index contributed by atoms with van der Waals surface area (Å²) in [5.41, 5.74) is 1.90. The van der Waals surface area contributed by atoms with Crippen LogP contribution >= 0.6 is 21.0 Å². The van der Waals surface area contributed by atoms with E-state index in [4.69, 9.17) is 42.4 Å². The summed E-state index contributed by atoms with van der Waals surface area (Å²) in [5, 5.41) is 12.2. The van der Waals surface area contributed by atoms with E-state index in [1.165, 1.54) is 0 Å². The Morgan fingerprint density at radius 2 is 1.08 bits per heavy atom. The zero-order chi connectivity index (χ0) is 35.3. The summed E-state index contributed by atoms with van der Waals surface area (Å²) in [4.78, 5) is 0. The molecule has 5 rings (SSSR count). The van der Waals surface area contributed by atoms with Crippen molar-refractivity contribution in [2.24, 2.45) is 14.9 Å². The van der Waals surface area contributed by atoms with Gasteiger partial charge in [-0.2, -0.15) is 0 Å². The van der Waals surface area contributed by atoms with Gasteiger partial charge in [0, 0.05) is 15.9 Å². The molecule has 0 aromatic heterocycles. The number of ether oxygens (including phenoxy) is 2. The predicted molar refractivity (Wildman–Crippen MR) is 225 cm³/mol. The van der Waals surface area contributed by atoms with Crippen LogP contribution in [0.25, 0.3) is 0 Å². The van der Waals surface area contributed by atoms with Gasteiger partial charge in [-0.05, 0) is 83.9 Å². The molecule has 0 N–H and O–H groups in total. The van der Waals surface area contributed by atoms with E-state index in [0.717, 1.165) is 38.5 Å². The Balaban J connectivity index is 0.00000583. The molecule has 0 aliphatic heterocycles. The molecule has 5 aromatic rings. The van der Waals surface area contributed by atoms with Crippen molar-refractivity contribution in [3.05, 3.63) is 145 Å². The number of benzene rings is 5. The fraction of sp³-hybridized carbons (Fsp3) is 0.158. The fourth-order valence-electron chi connectivity index (χ4n) is 4.80. The van der Waals surface area contributed by atoms with Gasteiger partial charge in [0.25, 0.3) is 0 Å². The molecule has 0 radical (unpaired) electrons. The Kier molecular flexibility index (Phi) is 15.0. The quantitative estimate of drug-likeness (QED) is 0.0599. The highest BCUT2D eigenvalue weighted by atomic mass is 32.4. The Hall–Kier alpha value is -4.29. The van der Waals surface area contributed by atoms with Crippen LogP contribution in [0.2, 0.25) is 0 Å². The highest BCUT2D eigenvalue weighted by Gasteiger charge is 2.28. The summed E-state index contributed by atoms with van der Waals surface area (Å²) in [6.45, 7) is 1.45. The highest BCUT2D eigenvalue weighted by Crippen LogP contribution is 2.47. The lowest BCUT2D eigenvalue weighted by Crippen LogP contribution is -2.26. The molecule has 0 saturated carbocycles. The average molecular weight is 774 g/mol. The number of hydrogen-bond donors (Lipinski definition) is 0. The van der Waals surface area contributed by atoms with Crippen LogP contribution in [0.4, 0.5) is 0 Å². The molecule has 2 atom stereocenters. The minimum absolute atomic E-state index is 0. The minimum Gasteiger partial charge on any atom is -0.497 e. The zero-order valence-corrected chi connectivity index (χ0v) is 32.5. The van der Waals surface area contributed by atoms with E-state index in [-0.39, 0.29) is 14.2 Å². The normalized spacial score (nSPS) is 11.8. The van der Waals surface area contributed by atoms with Crippen molar-refractivity contribution in [1.29, 1.82) is 0 Å². The third kappa shape index (κ3) is 10.6. The van der Waals surface area contributed by atoms with Crippen molar-refractivity contribution in [3.8, 4) is 17.2 Å². The molecular weight excluding hydrogens is 732 g/mol. The van der Waals surface area contributed by atoms with Gasteiger partial charge in [-0.1, -0.05) is 72.9 Å². The second kappa shape index (κ2) is 19.4. The molecule has 13 heteroatoms. The van der Waals surface area contributed by atoms with Crippen LogP contribution < -0.4 is 29.9 Å². The van der Waals surface area contributed by atoms with Crippen LogP contribution in [0, 0.1) is 0 Å². The third-order valence-electron chi connectivity index (χ3n) is 7.54. The molecule has 2 unspecified atom stereocenters. The fourth-order valence-corrected chi connectivity index (χ4v) is 9.46. The Labute approximate surface area is 313 Å². The molecule has 262 valence electrons. The topological polar surface area (TPSA) is 71.2 Å². The summed E-state index contributed by atoms with van der Waals surface area (Å²) in [6, 6.07) is 44.4. The summed E-state index contributed by atoms with van der Waals surface area (Å²) < 4.78 is 26.5. The Morgan fingerprint density at radius 3 is 1.57 bits per heavy atom. The van der Waals surface area contributed by atoms with Crippen molar-refractivity contribution in [1.82, 2.24) is 9.56 Å². The number of hydrazone groups is 2. The van der Waals surface area contributed by atoms with E-state index in [1.807, 2.05) is 93.6 Å². The monoisotopic (exact) mass is 773 g/mol. The maximum atomic E-state index is 6.25. The van der Waals surface area contributed by atoms with Crippen LogP contribution in [-0.2, 0) is 23.6 Å². The van der Waals surface area contributed by atoms with Crippen molar-refractivity contribution in [2.75, 3.05) is 34.6 Å². The molecule has 0 heterocycles. The maximum absolute atomic E-state index is 6.25. The van der Waals surface area contributed by atoms with Crippen molar-refractivity contribution in [2.45, 2.75) is 7.43 Å². The van der Waals surface area contributed by atoms with Crippen LogP contribution in [-0.4, -0.2) is 56.6 Å². The van der Waals surface area contributed by atoms with Crippen molar-refractivity contribution < 1.29 is 14.0 Å². The summed E-state index contributed by atoms with van der Waals surface area (Å²) >= 11 is 11.0. The number of hydrogen-bond acceptors (Lipinski definition) is 8. The highest BCUT2D eigenvalue weighted by molar-refractivity contribution is 8.03. The second-order valence-electron chi connectivity index (χ2n) is 10.8. The molecule has 0 saturated heterocycles. The molecule has 0 bridgehead atoms. The maximum Gasteiger partial charge on any atom is 0.540 e. The van der Waals surface area contributed by atoms with Gasteiger partial charge >= 0.3 is 13.9 Å². The van der Waals surface area contributed by atoms with Crippen LogP contribution in [0.5, 0.6) is 17.2 Å². The lowest BCUT2D eigenvalue weighted by atomic mass is 10.2. The first-order valence-electron chi connectivity index (χ1n) is 15.6. The first-order valence-corrected chi connectivity index (χ1v) is 22.3. The van der Waals surface area contributed by atoms with Crippen LogP contribution in [0.15, 0.2) is 148 Å². The standard InChI is InChI=1S/C37H38N5O3P3S2.CH4/c1-41(46(4)49)38-27-31-17-21-33(22-18-31)44-29-40-48(35-11-7-5-8-12-35,36-13-9-6-10-14-36)37-25-23-34(24-26-37)45-47(50)42(2)39-28-30-15-19-32(43-3)20-16-30;/h5-28H,29H2,1-4H3;1H4/q+2;. The predicted octanol–water partition coefficient (Wildman–Crippen LogP) is 8.72. The Morgan fingerprint density at radius 1 is 0.627 bits per heavy atom. The molecule has 51 heavy (non-hydrogen) atoms. The first kappa shape index (κ1) is 39.5. The van der Waals surface area contributed by atoms with E-state index in [0.29, 0.717) is 5.75 Å². The van der Waals surface area contributed by atoms with Gasteiger partial charge in [0.2, 0.25) is 11.8 Å². The van der Waals surface area contributed by atoms with Gasteiger partial charge in [0.05, 0.1) is 40.7 Å². The van der Waals surface area contributed by atoms with Gasteiger partial charge in [0.15, 0.2) is 24.3 Å². The summed E-state index contributed by atoms with van der Waals surface area (Å²) in [6.07, 6.45) is 3.55. The van der Waals surface area contributed by atoms with E-state index in [1.54, 1.807) is 29.1 Å². The molecule has 0 aliphatic carbocycles. The van der Waals surface area contributed by atoms with Crippen molar-refractivity contribution >= 4 is 72.9 Å². The van der Waals surface area contributed by atoms with Crippen LogP contribution in [0.1, 0.15) is 18.6 Å². The van der Waals surface area contributed by atoms with E-state index < -0.39 is 21.0 Å². The summed E-state index contributed by atoms with van der Waals surface area (Å²) in [5.74, 6) is 2.18. The lowest BCUT2D eigenvalue weighted by molar-refractivity contribution is 0.333. The average Bonchev–Trinajstić information content (AvgIpc) is 3.16. The van der Waals surface area contributed by atoms with Gasteiger partial charge in [-0.25, -0.2) is 0 Å². The van der Waals surface area contributed by atoms with Gasteiger partial charge in [-0.15, -0.1) is 15.0 Å². The molecule has 0 fully saturated rings. The largest absolute Gasteiger partial charge is 0.540 e. The van der Waals surface area contributed by atoms with Crippen molar-refractivity contribution in [3.63, 3.8) is 0 Å². The number of nitrogens with zero attached hydrogens (tertiary/aromatic N) is 5. The first-order chi connectivity index (χ1) is 24.3. The van der Waals surface area contributed by atoms with E-state index in [2.05, 4.69) is 70.9 Å². The second-order valence-corrected chi connectivity index (χ2v) is 19.2. The number of methoxy groups -OCH3 is 1. The van der Waals surface area contributed by atoms with Gasteiger partial charge in [-0.3, -0.25) is 9.27 Å². The minimum atomic E-state index is -2.51. The van der Waals surface area contributed by atoms with Crippen LogP contribution in [0.3, 0.4) is 0 Å². The zero-order valence-electron chi connectivity index (χ0n) is 28.2. The number of rotatable bonds is 15. The van der Waals surface area contributed by atoms with Gasteiger partial charge < -0.3 is 9.47 Å². The third-order valence-corrected chi connectivity index (χ3v) is 14.7. The molecular formula is C38H42N5O3P3S2+2. The molecule has 0 amide bonds. The molecule has 5 aromatic carbocycles. The smallest absolute Gasteiger partial charge is 0.497 e. The van der Waals surface area contributed by atoms with E-state index >= 15 is 0 Å². The molecule has 0 spiro atoms. The van der Waals surface area contributed by atoms with E-state index in [9.17, 15) is 0 Å². The van der Waals surface area contributed by atoms with Gasteiger partial charge in [0.1, 0.15) is 18.2 Å².